The van der Waals surface area contributed by atoms with Gasteiger partial charge in [-0.25, -0.2) is 4.98 Å². The van der Waals surface area contributed by atoms with Crippen molar-refractivity contribution < 1.29 is 10.2 Å². The third-order valence-corrected chi connectivity index (χ3v) is 6.07. The van der Waals surface area contributed by atoms with E-state index in [1.54, 1.807) is 6.20 Å². The average molecular weight is 377 g/mol. The van der Waals surface area contributed by atoms with Gasteiger partial charge in [-0.2, -0.15) is 0 Å². The second kappa shape index (κ2) is 8.17. The summed E-state index contributed by atoms with van der Waals surface area (Å²) in [5.41, 5.74) is 2.00. The molecule has 3 rings (SSSR count). The second-order valence-electron chi connectivity index (χ2n) is 8.37. The molecular weight excluding hydrogens is 348 g/mol. The zero-order chi connectivity index (χ0) is 18.7. The summed E-state index contributed by atoms with van der Waals surface area (Å²) in [5, 5.41) is 19.5. The van der Waals surface area contributed by atoms with Crippen LogP contribution in [-0.2, 0) is 0 Å². The molecule has 1 aromatic heterocycles. The van der Waals surface area contributed by atoms with Crippen LogP contribution >= 0.6 is 11.6 Å². The molecule has 1 saturated carbocycles. The molecular formula is C21H29ClN2O2. The molecule has 0 bridgehead atoms. The largest absolute Gasteiger partial charge is 0.396 e. The van der Waals surface area contributed by atoms with Gasteiger partial charge in [-0.3, -0.25) is 0 Å². The third kappa shape index (κ3) is 4.71. The standard InChI is InChI=1S/C21H29ClN2O2/c1-15(26)9-17-10-16(11-17)3-4-18-13-23-20(22)12-19(18)24-7-5-21(2,14-25)6-8-24/h12-13,15-17,25-26H,5-11,14H2,1-2H3. The lowest BCUT2D eigenvalue weighted by Crippen LogP contribution is -2.40. The molecule has 142 valence electrons. The number of hydrogen-bond acceptors (Lipinski definition) is 4. The van der Waals surface area contributed by atoms with Gasteiger partial charge in [0.15, 0.2) is 0 Å². The lowest BCUT2D eigenvalue weighted by Gasteiger charge is -2.39. The van der Waals surface area contributed by atoms with Crippen molar-refractivity contribution in [3.8, 4) is 11.8 Å². The molecule has 26 heavy (non-hydrogen) atoms. The highest BCUT2D eigenvalue weighted by molar-refractivity contribution is 6.29. The maximum Gasteiger partial charge on any atom is 0.131 e. The fraction of sp³-hybridized carbons (Fsp3) is 0.667. The Morgan fingerprint density at radius 1 is 1.38 bits per heavy atom. The summed E-state index contributed by atoms with van der Waals surface area (Å²) in [4.78, 5) is 6.53. The highest BCUT2D eigenvalue weighted by atomic mass is 35.5. The van der Waals surface area contributed by atoms with Crippen LogP contribution in [0.5, 0.6) is 0 Å². The van der Waals surface area contributed by atoms with Crippen molar-refractivity contribution in [1.82, 2.24) is 4.98 Å². The molecule has 2 heterocycles. The van der Waals surface area contributed by atoms with Crippen molar-refractivity contribution in [2.45, 2.75) is 52.1 Å². The van der Waals surface area contributed by atoms with E-state index in [2.05, 4.69) is 28.6 Å². The Bertz CT molecular complexity index is 681. The van der Waals surface area contributed by atoms with E-state index in [0.717, 1.165) is 56.4 Å². The summed E-state index contributed by atoms with van der Waals surface area (Å²) in [6.07, 6.45) is 6.50. The molecule has 5 heteroatoms. The van der Waals surface area contributed by atoms with Gasteiger partial charge in [0.25, 0.3) is 0 Å². The van der Waals surface area contributed by atoms with Crippen LogP contribution in [0.2, 0.25) is 5.15 Å². The zero-order valence-electron chi connectivity index (χ0n) is 15.7. The fourth-order valence-corrected chi connectivity index (χ4v) is 4.08. The first-order chi connectivity index (χ1) is 12.4. The molecule has 1 saturated heterocycles. The van der Waals surface area contributed by atoms with Gasteiger partial charge in [-0.15, -0.1) is 0 Å². The number of nitrogens with zero attached hydrogens (tertiary/aromatic N) is 2. The van der Waals surface area contributed by atoms with E-state index >= 15 is 0 Å². The minimum atomic E-state index is -0.218. The third-order valence-electron chi connectivity index (χ3n) is 5.86. The van der Waals surface area contributed by atoms with Gasteiger partial charge in [0.1, 0.15) is 5.15 Å². The normalized spacial score (nSPS) is 25.8. The Labute approximate surface area is 161 Å². The molecule has 0 radical (unpaired) electrons. The van der Waals surface area contributed by atoms with Crippen molar-refractivity contribution in [3.63, 3.8) is 0 Å². The zero-order valence-corrected chi connectivity index (χ0v) is 16.5. The summed E-state index contributed by atoms with van der Waals surface area (Å²) in [7, 11) is 0. The van der Waals surface area contributed by atoms with Crippen LogP contribution in [0.3, 0.4) is 0 Å². The summed E-state index contributed by atoms with van der Waals surface area (Å²) in [6.45, 7) is 6.02. The van der Waals surface area contributed by atoms with Gasteiger partial charge in [-0.1, -0.05) is 30.4 Å². The van der Waals surface area contributed by atoms with Gasteiger partial charge < -0.3 is 15.1 Å². The summed E-state index contributed by atoms with van der Waals surface area (Å²) in [6, 6.07) is 1.91. The fourth-order valence-electron chi connectivity index (χ4n) is 3.93. The van der Waals surface area contributed by atoms with E-state index in [-0.39, 0.29) is 18.1 Å². The Morgan fingerprint density at radius 3 is 2.69 bits per heavy atom. The van der Waals surface area contributed by atoms with Crippen LogP contribution < -0.4 is 4.90 Å². The monoisotopic (exact) mass is 376 g/mol. The molecule has 1 unspecified atom stereocenters. The van der Waals surface area contributed by atoms with Crippen LogP contribution in [0.4, 0.5) is 5.69 Å². The first kappa shape index (κ1) is 19.5. The molecule has 1 atom stereocenters. The minimum Gasteiger partial charge on any atom is -0.396 e. The maximum atomic E-state index is 9.57. The highest BCUT2D eigenvalue weighted by Crippen LogP contribution is 2.37. The second-order valence-corrected chi connectivity index (χ2v) is 8.76. The molecule has 1 aliphatic heterocycles. The topological polar surface area (TPSA) is 56.6 Å². The van der Waals surface area contributed by atoms with Gasteiger partial charge >= 0.3 is 0 Å². The molecule has 0 aromatic carbocycles. The van der Waals surface area contributed by atoms with E-state index in [4.69, 9.17) is 11.6 Å². The van der Waals surface area contributed by atoms with E-state index in [9.17, 15) is 10.2 Å². The van der Waals surface area contributed by atoms with Gasteiger partial charge in [0, 0.05) is 37.9 Å². The quantitative estimate of drug-likeness (QED) is 0.624. The number of rotatable bonds is 4. The Morgan fingerprint density at radius 2 is 2.08 bits per heavy atom. The Balaban J connectivity index is 1.67. The number of aliphatic hydroxyl groups excluding tert-OH is 2. The molecule has 1 aromatic rings. The van der Waals surface area contributed by atoms with Crippen LogP contribution in [0.1, 0.15) is 51.5 Å². The number of aromatic nitrogens is 1. The molecule has 2 N–H and O–H groups in total. The van der Waals surface area contributed by atoms with E-state index in [1.807, 2.05) is 13.0 Å². The van der Waals surface area contributed by atoms with Crippen molar-refractivity contribution in [2.75, 3.05) is 24.6 Å². The number of piperidine rings is 1. The lowest BCUT2D eigenvalue weighted by atomic mass is 9.73. The summed E-state index contributed by atoms with van der Waals surface area (Å²) < 4.78 is 0. The molecule has 2 fully saturated rings. The van der Waals surface area contributed by atoms with Crippen LogP contribution in [0.15, 0.2) is 12.3 Å². The van der Waals surface area contributed by atoms with E-state index in [1.165, 1.54) is 0 Å². The van der Waals surface area contributed by atoms with E-state index in [0.29, 0.717) is 17.0 Å². The number of hydrogen-bond donors (Lipinski definition) is 2. The molecule has 1 aliphatic carbocycles. The maximum absolute atomic E-state index is 9.57. The Hall–Kier alpha value is -1.28. The SMILES string of the molecule is CC(O)CC1CC(C#Cc2cnc(Cl)cc2N2CCC(C)(CO)CC2)C1. The van der Waals surface area contributed by atoms with Crippen LogP contribution in [-0.4, -0.2) is 41.0 Å². The van der Waals surface area contributed by atoms with Gasteiger partial charge in [0.2, 0.25) is 0 Å². The molecule has 2 aliphatic rings. The number of halogens is 1. The van der Waals surface area contributed by atoms with Crippen LogP contribution in [0.25, 0.3) is 0 Å². The molecule has 4 nitrogen and oxygen atoms in total. The number of anilines is 1. The number of aliphatic hydroxyl groups is 2. The molecule has 0 spiro atoms. The first-order valence-electron chi connectivity index (χ1n) is 9.59. The first-order valence-corrected chi connectivity index (χ1v) is 9.97. The minimum absolute atomic E-state index is 0.0178. The van der Waals surface area contributed by atoms with Crippen LogP contribution in [0, 0.1) is 29.1 Å². The molecule has 0 amide bonds. The smallest absolute Gasteiger partial charge is 0.131 e. The van der Waals surface area contributed by atoms with Crippen molar-refractivity contribution >= 4 is 17.3 Å². The predicted molar refractivity (Wildman–Crippen MR) is 105 cm³/mol. The van der Waals surface area contributed by atoms with Crippen molar-refractivity contribution in [3.05, 3.63) is 23.0 Å². The van der Waals surface area contributed by atoms with Crippen molar-refractivity contribution in [2.24, 2.45) is 17.3 Å². The van der Waals surface area contributed by atoms with Gasteiger partial charge in [-0.05, 0) is 50.4 Å². The highest BCUT2D eigenvalue weighted by Gasteiger charge is 2.31. The van der Waals surface area contributed by atoms with Crippen molar-refractivity contribution in [1.29, 1.82) is 0 Å². The summed E-state index contributed by atoms with van der Waals surface area (Å²) in [5.74, 6) is 7.73. The summed E-state index contributed by atoms with van der Waals surface area (Å²) >= 11 is 6.14. The van der Waals surface area contributed by atoms with Gasteiger partial charge in [0.05, 0.1) is 17.4 Å². The average Bonchev–Trinajstić information content (AvgIpc) is 2.58. The van der Waals surface area contributed by atoms with E-state index < -0.39 is 0 Å². The lowest BCUT2D eigenvalue weighted by molar-refractivity contribution is 0.115. The predicted octanol–water partition coefficient (Wildman–Crippen LogP) is 3.48. The number of pyridine rings is 1. The Kier molecular flexibility index (Phi) is 6.12.